The topological polar surface area (TPSA) is 54.5 Å². The van der Waals surface area contributed by atoms with Crippen LogP contribution in [0, 0.1) is 0 Å². The highest BCUT2D eigenvalue weighted by Crippen LogP contribution is 2.18. The van der Waals surface area contributed by atoms with Crippen molar-refractivity contribution in [3.05, 3.63) is 23.4 Å². The number of anilines is 1. The van der Waals surface area contributed by atoms with E-state index >= 15 is 0 Å². The molecule has 5 heteroatoms. The Hall–Kier alpha value is -1.62. The quantitative estimate of drug-likeness (QED) is 0.874. The molecule has 2 heterocycles. The summed E-state index contributed by atoms with van der Waals surface area (Å²) in [6.07, 6.45) is 2.99. The van der Waals surface area contributed by atoms with Crippen LogP contribution in [-0.2, 0) is 11.2 Å². The van der Waals surface area contributed by atoms with Crippen LogP contribution in [0.3, 0.4) is 0 Å². The van der Waals surface area contributed by atoms with Gasteiger partial charge in [0.1, 0.15) is 5.82 Å². The minimum absolute atomic E-state index is 0.0773. The molecule has 1 unspecified atom stereocenters. The van der Waals surface area contributed by atoms with Gasteiger partial charge in [0, 0.05) is 38.0 Å². The summed E-state index contributed by atoms with van der Waals surface area (Å²) in [5.41, 5.74) is 1.70. The first kappa shape index (κ1) is 15.8. The molecule has 5 nitrogen and oxygen atoms in total. The number of carbonyl (C=O) groups excluding carboxylic acids is 1. The van der Waals surface area contributed by atoms with Gasteiger partial charge in [-0.25, -0.2) is 4.98 Å². The Balaban J connectivity index is 2.19. The lowest BCUT2D eigenvalue weighted by Gasteiger charge is -2.17. The number of aromatic nitrogens is 1. The molecule has 1 fully saturated rings. The van der Waals surface area contributed by atoms with Crippen molar-refractivity contribution in [2.75, 3.05) is 32.1 Å². The van der Waals surface area contributed by atoms with E-state index in [1.54, 1.807) is 7.11 Å². The predicted octanol–water partition coefficient (Wildman–Crippen LogP) is 2.33. The monoisotopic (exact) mass is 291 g/mol. The van der Waals surface area contributed by atoms with Gasteiger partial charge < -0.3 is 15.0 Å². The summed E-state index contributed by atoms with van der Waals surface area (Å²) in [6.45, 7) is 6.38. The Labute approximate surface area is 126 Å². The van der Waals surface area contributed by atoms with Crippen LogP contribution in [-0.4, -0.2) is 48.6 Å². The van der Waals surface area contributed by atoms with Gasteiger partial charge in [0.05, 0.1) is 6.10 Å². The van der Waals surface area contributed by atoms with Gasteiger partial charge in [0.2, 0.25) is 0 Å². The van der Waals surface area contributed by atoms with E-state index in [0.717, 1.165) is 49.4 Å². The lowest BCUT2D eigenvalue weighted by molar-refractivity contribution is 0.0724. The molecule has 116 valence electrons. The summed E-state index contributed by atoms with van der Waals surface area (Å²) in [5, 5.41) is 3.21. The molecule has 1 aliphatic heterocycles. The Morgan fingerprint density at radius 1 is 1.48 bits per heavy atom. The van der Waals surface area contributed by atoms with E-state index < -0.39 is 0 Å². The SMILES string of the molecule is CCCc1cc(C(=O)N2CCC(OC)C2)cc(NCC)n1. The van der Waals surface area contributed by atoms with Crippen molar-refractivity contribution in [1.82, 2.24) is 9.88 Å². The zero-order valence-electron chi connectivity index (χ0n) is 13.2. The number of rotatable bonds is 6. The summed E-state index contributed by atoms with van der Waals surface area (Å²) in [6, 6.07) is 3.78. The van der Waals surface area contributed by atoms with Crippen molar-refractivity contribution in [3.8, 4) is 0 Å². The van der Waals surface area contributed by atoms with Gasteiger partial charge in [-0.1, -0.05) is 13.3 Å². The molecular weight excluding hydrogens is 266 g/mol. The minimum Gasteiger partial charge on any atom is -0.380 e. The molecule has 1 aliphatic rings. The number of nitrogens with zero attached hydrogens (tertiary/aromatic N) is 2. The van der Waals surface area contributed by atoms with Gasteiger partial charge >= 0.3 is 0 Å². The zero-order valence-corrected chi connectivity index (χ0v) is 13.2. The maximum absolute atomic E-state index is 12.6. The highest BCUT2D eigenvalue weighted by molar-refractivity contribution is 5.95. The van der Waals surface area contributed by atoms with Gasteiger partial charge in [-0.2, -0.15) is 0 Å². The van der Waals surface area contributed by atoms with Crippen molar-refractivity contribution >= 4 is 11.7 Å². The molecule has 1 N–H and O–H groups in total. The number of pyridine rings is 1. The molecular formula is C16H25N3O2. The van der Waals surface area contributed by atoms with Crippen molar-refractivity contribution in [2.45, 2.75) is 39.2 Å². The van der Waals surface area contributed by atoms with Crippen LogP contribution in [0.2, 0.25) is 0 Å². The molecule has 1 aromatic heterocycles. The fourth-order valence-corrected chi connectivity index (χ4v) is 2.65. The van der Waals surface area contributed by atoms with Crippen LogP contribution in [0.4, 0.5) is 5.82 Å². The smallest absolute Gasteiger partial charge is 0.254 e. The van der Waals surface area contributed by atoms with Gasteiger partial charge in [0.25, 0.3) is 5.91 Å². The maximum Gasteiger partial charge on any atom is 0.254 e. The van der Waals surface area contributed by atoms with Crippen molar-refractivity contribution in [3.63, 3.8) is 0 Å². The third-order valence-corrected chi connectivity index (χ3v) is 3.75. The number of hydrogen-bond acceptors (Lipinski definition) is 4. The van der Waals surface area contributed by atoms with Crippen molar-refractivity contribution in [2.24, 2.45) is 0 Å². The first-order valence-corrected chi connectivity index (χ1v) is 7.74. The largest absolute Gasteiger partial charge is 0.380 e. The van der Waals surface area contributed by atoms with Crippen LogP contribution in [0.1, 0.15) is 42.7 Å². The average molecular weight is 291 g/mol. The molecule has 0 bridgehead atoms. The average Bonchev–Trinajstić information content (AvgIpc) is 2.96. The van der Waals surface area contributed by atoms with E-state index in [2.05, 4.69) is 17.2 Å². The Kier molecular flexibility index (Phi) is 5.56. The van der Waals surface area contributed by atoms with Gasteiger partial charge in [-0.15, -0.1) is 0 Å². The summed E-state index contributed by atoms with van der Waals surface area (Å²) in [4.78, 5) is 19.1. The lowest BCUT2D eigenvalue weighted by atomic mass is 10.1. The van der Waals surface area contributed by atoms with Crippen molar-refractivity contribution < 1.29 is 9.53 Å². The molecule has 21 heavy (non-hydrogen) atoms. The Morgan fingerprint density at radius 2 is 2.29 bits per heavy atom. The molecule has 0 saturated carbocycles. The first-order valence-electron chi connectivity index (χ1n) is 7.74. The fraction of sp³-hybridized carbons (Fsp3) is 0.625. The zero-order chi connectivity index (χ0) is 15.2. The molecule has 0 radical (unpaired) electrons. The number of hydrogen-bond donors (Lipinski definition) is 1. The van der Waals surface area contributed by atoms with Gasteiger partial charge in [0.15, 0.2) is 0 Å². The predicted molar refractivity (Wildman–Crippen MR) is 83.7 cm³/mol. The summed E-state index contributed by atoms with van der Waals surface area (Å²) in [7, 11) is 1.70. The van der Waals surface area contributed by atoms with E-state index in [1.807, 2.05) is 24.0 Å². The van der Waals surface area contributed by atoms with Crippen LogP contribution in [0.15, 0.2) is 12.1 Å². The molecule has 0 spiro atoms. The van der Waals surface area contributed by atoms with Gasteiger partial charge in [-0.3, -0.25) is 4.79 Å². The molecule has 0 aromatic carbocycles. The minimum atomic E-state index is 0.0773. The van der Waals surface area contributed by atoms with Gasteiger partial charge in [-0.05, 0) is 31.9 Å². The second kappa shape index (κ2) is 7.41. The number of aryl methyl sites for hydroxylation is 1. The fourth-order valence-electron chi connectivity index (χ4n) is 2.65. The summed E-state index contributed by atoms with van der Waals surface area (Å²) < 4.78 is 5.33. The number of amides is 1. The number of ether oxygens (including phenoxy) is 1. The van der Waals surface area contributed by atoms with E-state index in [1.165, 1.54) is 0 Å². The standard InChI is InChI=1S/C16H25N3O2/c1-4-6-13-9-12(10-15(18-13)17-5-2)16(20)19-8-7-14(11-19)21-3/h9-10,14H,4-8,11H2,1-3H3,(H,17,18). The molecule has 1 aromatic rings. The Bertz CT molecular complexity index is 466. The van der Waals surface area contributed by atoms with Crippen LogP contribution >= 0.6 is 0 Å². The van der Waals surface area contributed by atoms with Crippen LogP contribution < -0.4 is 5.32 Å². The number of methoxy groups -OCH3 is 1. The molecule has 1 amide bonds. The first-order chi connectivity index (χ1) is 10.2. The van der Waals surface area contributed by atoms with E-state index in [0.29, 0.717) is 6.54 Å². The van der Waals surface area contributed by atoms with E-state index in [-0.39, 0.29) is 12.0 Å². The molecule has 0 aliphatic carbocycles. The van der Waals surface area contributed by atoms with Crippen LogP contribution in [0.5, 0.6) is 0 Å². The van der Waals surface area contributed by atoms with E-state index in [9.17, 15) is 4.79 Å². The highest BCUT2D eigenvalue weighted by atomic mass is 16.5. The highest BCUT2D eigenvalue weighted by Gasteiger charge is 2.27. The van der Waals surface area contributed by atoms with E-state index in [4.69, 9.17) is 4.74 Å². The molecule has 2 rings (SSSR count). The third-order valence-electron chi connectivity index (χ3n) is 3.75. The van der Waals surface area contributed by atoms with Crippen LogP contribution in [0.25, 0.3) is 0 Å². The lowest BCUT2D eigenvalue weighted by Crippen LogP contribution is -2.30. The molecule has 1 atom stereocenters. The van der Waals surface area contributed by atoms with Crippen molar-refractivity contribution in [1.29, 1.82) is 0 Å². The summed E-state index contributed by atoms with van der Waals surface area (Å²) >= 11 is 0. The maximum atomic E-state index is 12.6. The number of carbonyl (C=O) groups is 1. The normalized spacial score (nSPS) is 18.0. The summed E-state index contributed by atoms with van der Waals surface area (Å²) in [5.74, 6) is 0.864. The third kappa shape index (κ3) is 3.94. The Morgan fingerprint density at radius 3 is 2.90 bits per heavy atom. The molecule has 1 saturated heterocycles. The number of nitrogens with one attached hydrogen (secondary N) is 1. The second-order valence-corrected chi connectivity index (χ2v) is 5.41. The second-order valence-electron chi connectivity index (χ2n) is 5.41. The number of likely N-dealkylation sites (tertiary alicyclic amines) is 1.